The van der Waals surface area contributed by atoms with Crippen LogP contribution in [-0.4, -0.2) is 29.6 Å². The average Bonchev–Trinajstić information content (AvgIpc) is 3.18. The minimum Gasteiger partial charge on any atom is -0.550 e. The third-order valence-corrected chi connectivity index (χ3v) is 5.35. The fraction of sp³-hybridized carbons (Fsp3) is 0.368. The molecule has 2 fully saturated rings. The summed E-state index contributed by atoms with van der Waals surface area (Å²) in [6.45, 7) is 5.72. The predicted molar refractivity (Wildman–Crippen MR) is 85.8 cm³/mol. The molecule has 3 heterocycles. The van der Waals surface area contributed by atoms with Crippen LogP contribution in [0.5, 0.6) is 0 Å². The number of halogens is 1. The number of amides is 1. The van der Waals surface area contributed by atoms with Gasteiger partial charge in [-0.05, 0) is 25.5 Å². The van der Waals surface area contributed by atoms with E-state index in [-0.39, 0.29) is 5.69 Å². The first-order chi connectivity index (χ1) is 11.9. The quantitative estimate of drug-likeness (QED) is 0.771. The number of para-hydroxylation sites is 1. The molecule has 0 radical (unpaired) electrons. The number of benzene rings is 1. The summed E-state index contributed by atoms with van der Waals surface area (Å²) < 4.78 is 20.4. The van der Waals surface area contributed by atoms with Gasteiger partial charge in [-0.1, -0.05) is 29.9 Å². The Hall–Kier alpha value is -2.47. The highest BCUT2D eigenvalue weighted by molar-refractivity contribution is 6.03. The van der Waals surface area contributed by atoms with Crippen LogP contribution in [-0.2, 0) is 14.3 Å². The van der Waals surface area contributed by atoms with Gasteiger partial charge in [0.05, 0.1) is 23.8 Å². The zero-order valence-corrected chi connectivity index (χ0v) is 13.6. The summed E-state index contributed by atoms with van der Waals surface area (Å²) in [5.74, 6) is -4.29. The van der Waals surface area contributed by atoms with Gasteiger partial charge in [0, 0.05) is 11.9 Å². The van der Waals surface area contributed by atoms with Gasteiger partial charge in [-0.15, -0.1) is 6.58 Å². The molecule has 2 saturated heterocycles. The van der Waals surface area contributed by atoms with Crippen molar-refractivity contribution in [3.63, 3.8) is 0 Å². The fourth-order valence-electron chi connectivity index (χ4n) is 4.43. The number of nitrogens with zero attached hydrogens (tertiary/aromatic N) is 1. The van der Waals surface area contributed by atoms with E-state index in [1.54, 1.807) is 18.2 Å². The van der Waals surface area contributed by atoms with Crippen molar-refractivity contribution in [2.24, 2.45) is 11.8 Å². The zero-order chi connectivity index (χ0) is 17.9. The van der Waals surface area contributed by atoms with Gasteiger partial charge >= 0.3 is 0 Å². The Morgan fingerprint density at radius 2 is 2.16 bits per heavy atom. The molecule has 1 aromatic carbocycles. The molecule has 0 N–H and O–H groups in total. The molecule has 130 valence electrons. The topological polar surface area (TPSA) is 69.7 Å². The molecule has 1 spiro atoms. The molecular weight excluding hydrogens is 325 g/mol. The predicted octanol–water partition coefficient (Wildman–Crippen LogP) is 1.20. The second-order valence-corrected chi connectivity index (χ2v) is 6.95. The summed E-state index contributed by atoms with van der Waals surface area (Å²) in [6.07, 6.45) is 3.12. The number of aliphatic carboxylic acids is 1. The fourth-order valence-corrected chi connectivity index (χ4v) is 4.43. The van der Waals surface area contributed by atoms with E-state index in [4.69, 9.17) is 4.74 Å². The van der Waals surface area contributed by atoms with Crippen LogP contribution in [0.1, 0.15) is 13.3 Å². The molecule has 2 bridgehead atoms. The second-order valence-electron chi connectivity index (χ2n) is 6.95. The summed E-state index contributed by atoms with van der Waals surface area (Å²) in [5.41, 5.74) is -0.167. The van der Waals surface area contributed by atoms with Crippen LogP contribution in [0.4, 0.5) is 10.1 Å². The van der Waals surface area contributed by atoms with Crippen molar-refractivity contribution in [3.8, 4) is 0 Å². The molecule has 0 unspecified atom stereocenters. The Bertz CT molecular complexity index is 819. The maximum Gasteiger partial charge on any atom is 0.234 e. The van der Waals surface area contributed by atoms with E-state index in [9.17, 15) is 19.1 Å². The number of carbonyl (C=O) groups excluding carboxylic acids is 2. The summed E-state index contributed by atoms with van der Waals surface area (Å²) in [6, 6.07) is 5.42. The van der Waals surface area contributed by atoms with Crippen molar-refractivity contribution in [2.45, 2.75) is 31.1 Å². The molecule has 6 heteroatoms. The monoisotopic (exact) mass is 342 g/mol. The van der Waals surface area contributed by atoms with Gasteiger partial charge in [0.1, 0.15) is 11.4 Å². The van der Waals surface area contributed by atoms with E-state index in [2.05, 4.69) is 6.58 Å². The van der Waals surface area contributed by atoms with E-state index in [1.807, 2.05) is 6.92 Å². The van der Waals surface area contributed by atoms with Crippen LogP contribution in [0.15, 0.2) is 48.6 Å². The molecular formula is C19H17FNO4-. The molecule has 0 aromatic heterocycles. The largest absolute Gasteiger partial charge is 0.550 e. The minimum atomic E-state index is -1.32. The van der Waals surface area contributed by atoms with Crippen molar-refractivity contribution in [1.29, 1.82) is 0 Å². The van der Waals surface area contributed by atoms with E-state index < -0.39 is 47.3 Å². The third kappa shape index (κ3) is 2.03. The first kappa shape index (κ1) is 16.0. The number of rotatable bonds is 4. The Labute approximate surface area is 144 Å². The van der Waals surface area contributed by atoms with Crippen molar-refractivity contribution in [2.75, 3.05) is 4.90 Å². The zero-order valence-electron chi connectivity index (χ0n) is 13.6. The van der Waals surface area contributed by atoms with Gasteiger partial charge in [-0.25, -0.2) is 4.39 Å². The first-order valence-corrected chi connectivity index (χ1v) is 8.17. The Morgan fingerprint density at radius 3 is 2.80 bits per heavy atom. The number of hydrogen-bond acceptors (Lipinski definition) is 4. The number of anilines is 1. The van der Waals surface area contributed by atoms with Crippen molar-refractivity contribution >= 4 is 17.6 Å². The number of carboxylic acid groups (broad SMARTS) is 1. The lowest BCUT2D eigenvalue weighted by Gasteiger charge is -2.33. The summed E-state index contributed by atoms with van der Waals surface area (Å²) in [5, 5.41) is 11.6. The van der Waals surface area contributed by atoms with Crippen LogP contribution in [0.2, 0.25) is 0 Å². The molecule has 0 saturated carbocycles. The van der Waals surface area contributed by atoms with Crippen molar-refractivity contribution in [3.05, 3.63) is 54.4 Å². The lowest BCUT2D eigenvalue weighted by Crippen LogP contribution is -2.46. The highest BCUT2D eigenvalue weighted by atomic mass is 19.1. The normalized spacial score (nSPS) is 35.3. The summed E-state index contributed by atoms with van der Waals surface area (Å²) in [4.78, 5) is 26.1. The number of carbonyl (C=O) groups is 2. The lowest BCUT2D eigenvalue weighted by molar-refractivity contribution is -0.313. The number of carboxylic acids is 1. The minimum absolute atomic E-state index is 0.125. The van der Waals surface area contributed by atoms with Crippen molar-refractivity contribution < 1.29 is 23.8 Å². The van der Waals surface area contributed by atoms with Gasteiger partial charge in [0.15, 0.2) is 0 Å². The SMILES string of the molecule is C=C(C)C[C@@H]1N(c2ccccc2F)C(=O)[C@H]2[C@@H](C(=O)[O-])[C@H]3C=C[C@@]12O3. The standard InChI is InChI=1S/C19H18FNO4/c1-10(2)9-14-19-8-7-13(25-19)15(18(23)24)16(19)17(22)21(14)12-6-4-3-5-11(12)20/h3-8,13-16H,1,9H2,2H3,(H,23,24)/p-1/t13-,14+,15+,16-,19-/m1/s1. The Kier molecular flexibility index (Phi) is 3.37. The maximum absolute atomic E-state index is 14.4. The highest BCUT2D eigenvalue weighted by Crippen LogP contribution is 2.56. The highest BCUT2D eigenvalue weighted by Gasteiger charge is 2.70. The lowest BCUT2D eigenvalue weighted by atomic mass is 9.74. The molecule has 3 aliphatic rings. The first-order valence-electron chi connectivity index (χ1n) is 8.17. The van der Waals surface area contributed by atoms with Crippen LogP contribution in [0.3, 0.4) is 0 Å². The average molecular weight is 342 g/mol. The van der Waals surface area contributed by atoms with Gasteiger partial charge in [0.25, 0.3) is 0 Å². The number of ether oxygens (including phenoxy) is 1. The van der Waals surface area contributed by atoms with Crippen LogP contribution >= 0.6 is 0 Å². The van der Waals surface area contributed by atoms with Crippen LogP contribution in [0, 0.1) is 17.7 Å². The molecule has 4 rings (SSSR count). The van der Waals surface area contributed by atoms with Gasteiger partial charge in [0.2, 0.25) is 5.91 Å². The van der Waals surface area contributed by atoms with Gasteiger partial charge in [-0.3, -0.25) is 4.79 Å². The third-order valence-electron chi connectivity index (χ3n) is 5.35. The van der Waals surface area contributed by atoms with E-state index >= 15 is 0 Å². The summed E-state index contributed by atoms with van der Waals surface area (Å²) >= 11 is 0. The number of hydrogen-bond donors (Lipinski definition) is 0. The maximum atomic E-state index is 14.4. The summed E-state index contributed by atoms with van der Waals surface area (Å²) in [7, 11) is 0. The van der Waals surface area contributed by atoms with Gasteiger partial charge in [-0.2, -0.15) is 0 Å². The molecule has 5 nitrogen and oxygen atoms in total. The van der Waals surface area contributed by atoms with Crippen LogP contribution < -0.4 is 10.0 Å². The number of fused-ring (bicyclic) bond motifs is 1. The van der Waals surface area contributed by atoms with Crippen LogP contribution in [0.25, 0.3) is 0 Å². The molecule has 3 aliphatic heterocycles. The molecule has 0 aliphatic carbocycles. The Balaban J connectivity index is 1.87. The van der Waals surface area contributed by atoms with Crippen molar-refractivity contribution in [1.82, 2.24) is 0 Å². The second kappa shape index (κ2) is 5.26. The molecule has 1 aromatic rings. The van der Waals surface area contributed by atoms with E-state index in [0.29, 0.717) is 6.42 Å². The molecule has 25 heavy (non-hydrogen) atoms. The molecule has 1 amide bonds. The van der Waals surface area contributed by atoms with Gasteiger partial charge < -0.3 is 19.5 Å². The Morgan fingerprint density at radius 1 is 1.44 bits per heavy atom. The molecule has 5 atom stereocenters. The van der Waals surface area contributed by atoms with E-state index in [0.717, 1.165) is 5.57 Å². The van der Waals surface area contributed by atoms with E-state index in [1.165, 1.54) is 23.1 Å². The smallest absolute Gasteiger partial charge is 0.234 e.